The third-order valence-electron chi connectivity index (χ3n) is 4.26. The van der Waals surface area contributed by atoms with Crippen molar-refractivity contribution in [2.45, 2.75) is 38.8 Å². The zero-order chi connectivity index (χ0) is 19.1. The van der Waals surface area contributed by atoms with Gasteiger partial charge in [0.05, 0.1) is 18.7 Å². The van der Waals surface area contributed by atoms with Crippen LogP contribution in [0.5, 0.6) is 0 Å². The first kappa shape index (κ1) is 23.4. The molecule has 0 aliphatic heterocycles. The van der Waals surface area contributed by atoms with Crippen molar-refractivity contribution in [1.82, 2.24) is 16.0 Å². The van der Waals surface area contributed by atoms with Crippen molar-refractivity contribution in [3.63, 3.8) is 0 Å². The van der Waals surface area contributed by atoms with Crippen molar-refractivity contribution >= 4 is 36.0 Å². The van der Waals surface area contributed by atoms with Gasteiger partial charge in [-0.1, -0.05) is 6.07 Å². The van der Waals surface area contributed by atoms with Crippen LogP contribution in [0, 0.1) is 17.6 Å². The lowest BCUT2D eigenvalue weighted by molar-refractivity contribution is 0.146. The smallest absolute Gasteiger partial charge is 0.407 e. The van der Waals surface area contributed by atoms with E-state index >= 15 is 0 Å². The van der Waals surface area contributed by atoms with Crippen LogP contribution in [0.1, 0.15) is 38.3 Å². The van der Waals surface area contributed by atoms with Gasteiger partial charge in [-0.15, -0.1) is 24.0 Å². The van der Waals surface area contributed by atoms with Crippen molar-refractivity contribution in [1.29, 1.82) is 0 Å². The van der Waals surface area contributed by atoms with Crippen LogP contribution < -0.4 is 16.0 Å². The number of aliphatic imine (C=N–C) groups is 1. The Labute approximate surface area is 175 Å². The lowest BCUT2D eigenvalue weighted by Crippen LogP contribution is -2.48. The molecule has 2 atom stereocenters. The van der Waals surface area contributed by atoms with Crippen LogP contribution in [-0.4, -0.2) is 38.3 Å². The Kier molecular flexibility index (Phi) is 9.75. The normalized spacial score (nSPS) is 16.0. The number of hydrogen-bond acceptors (Lipinski definition) is 3. The minimum atomic E-state index is -0.613. The Hall–Kier alpha value is -1.65. The first-order chi connectivity index (χ1) is 12.4. The summed E-state index contributed by atoms with van der Waals surface area (Å²) < 4.78 is 31.9. The quantitative estimate of drug-likeness (QED) is 0.308. The molecule has 1 fully saturated rings. The average Bonchev–Trinajstić information content (AvgIpc) is 3.42. The van der Waals surface area contributed by atoms with Gasteiger partial charge in [0.15, 0.2) is 5.96 Å². The van der Waals surface area contributed by atoms with Gasteiger partial charge in [-0.05, 0) is 38.7 Å². The molecule has 27 heavy (non-hydrogen) atoms. The molecule has 1 aromatic carbocycles. The van der Waals surface area contributed by atoms with Crippen molar-refractivity contribution in [2.75, 3.05) is 20.2 Å². The first-order valence-electron chi connectivity index (χ1n) is 8.80. The highest BCUT2D eigenvalue weighted by molar-refractivity contribution is 14.0. The van der Waals surface area contributed by atoms with E-state index in [1.54, 1.807) is 20.9 Å². The van der Waals surface area contributed by atoms with E-state index < -0.39 is 23.8 Å². The maximum absolute atomic E-state index is 13.9. The number of nitrogens with zero attached hydrogens (tertiary/aromatic N) is 1. The summed E-state index contributed by atoms with van der Waals surface area (Å²) in [7, 11) is 1.61. The third kappa shape index (κ3) is 7.47. The van der Waals surface area contributed by atoms with E-state index in [0.717, 1.165) is 18.9 Å². The summed E-state index contributed by atoms with van der Waals surface area (Å²) in [4.78, 5) is 15.8. The summed E-state index contributed by atoms with van der Waals surface area (Å²) in [5.41, 5.74) is 0.345. The van der Waals surface area contributed by atoms with E-state index in [2.05, 4.69) is 20.9 Å². The molecule has 0 heterocycles. The molecule has 2 unspecified atom stereocenters. The Morgan fingerprint density at radius 1 is 1.33 bits per heavy atom. The molecule has 6 nitrogen and oxygen atoms in total. The number of benzene rings is 1. The second-order valence-electron chi connectivity index (χ2n) is 6.29. The topological polar surface area (TPSA) is 74.8 Å². The average molecular weight is 496 g/mol. The lowest BCUT2D eigenvalue weighted by Gasteiger charge is -2.22. The number of carbonyl (C=O) groups excluding carboxylic acids is 1. The molecule has 1 aromatic rings. The highest BCUT2D eigenvalue weighted by Crippen LogP contribution is 2.32. The molecule has 1 amide bonds. The fraction of sp³-hybridized carbons (Fsp3) is 0.556. The second-order valence-corrected chi connectivity index (χ2v) is 6.29. The molecular weight excluding hydrogens is 469 g/mol. The number of guanidine groups is 1. The molecule has 0 saturated heterocycles. The van der Waals surface area contributed by atoms with E-state index in [4.69, 9.17) is 4.74 Å². The van der Waals surface area contributed by atoms with Crippen molar-refractivity contribution in [3.05, 3.63) is 35.4 Å². The molecule has 9 heteroatoms. The predicted molar refractivity (Wildman–Crippen MR) is 111 cm³/mol. The molecule has 2 rings (SSSR count). The first-order valence-corrected chi connectivity index (χ1v) is 8.80. The molecule has 1 aliphatic carbocycles. The molecule has 0 aromatic heterocycles. The molecule has 0 radical (unpaired) electrons. The fourth-order valence-electron chi connectivity index (χ4n) is 2.70. The summed E-state index contributed by atoms with van der Waals surface area (Å²) in [6.45, 7) is 4.31. The van der Waals surface area contributed by atoms with Gasteiger partial charge in [0.2, 0.25) is 0 Å². The molecule has 3 N–H and O–H groups in total. The SMILES string of the molecule is CCOC(=O)NC(CNC(=NC)NC(C)c1ccc(F)cc1F)C1CC1.I. The number of alkyl carbamates (subject to hydrolysis) is 1. The summed E-state index contributed by atoms with van der Waals surface area (Å²) >= 11 is 0. The van der Waals surface area contributed by atoms with Crippen molar-refractivity contribution < 1.29 is 18.3 Å². The van der Waals surface area contributed by atoms with Gasteiger partial charge in [-0.2, -0.15) is 0 Å². The van der Waals surface area contributed by atoms with E-state index in [1.165, 1.54) is 12.1 Å². The maximum Gasteiger partial charge on any atom is 0.407 e. The Balaban J connectivity index is 0.00000364. The van der Waals surface area contributed by atoms with E-state index in [1.807, 2.05) is 0 Å². The maximum atomic E-state index is 13.9. The Morgan fingerprint density at radius 2 is 2.04 bits per heavy atom. The van der Waals surface area contributed by atoms with Crippen LogP contribution in [0.3, 0.4) is 0 Å². The van der Waals surface area contributed by atoms with Crippen molar-refractivity contribution in [3.8, 4) is 0 Å². The van der Waals surface area contributed by atoms with Crippen LogP contribution in [0.4, 0.5) is 13.6 Å². The number of amides is 1. The largest absolute Gasteiger partial charge is 0.450 e. The van der Waals surface area contributed by atoms with Crippen LogP contribution in [0.25, 0.3) is 0 Å². The summed E-state index contributed by atoms with van der Waals surface area (Å²) in [6, 6.07) is 3.02. The summed E-state index contributed by atoms with van der Waals surface area (Å²) in [5.74, 6) is -0.340. The van der Waals surface area contributed by atoms with Gasteiger partial charge < -0.3 is 20.7 Å². The van der Waals surface area contributed by atoms with Crippen LogP contribution in [0.2, 0.25) is 0 Å². The number of hydrogen-bond donors (Lipinski definition) is 3. The van der Waals surface area contributed by atoms with Gasteiger partial charge in [-0.3, -0.25) is 4.99 Å². The predicted octanol–water partition coefficient (Wildman–Crippen LogP) is 3.33. The number of rotatable bonds is 7. The highest BCUT2D eigenvalue weighted by Gasteiger charge is 2.32. The van der Waals surface area contributed by atoms with Crippen LogP contribution in [0.15, 0.2) is 23.2 Å². The minimum absolute atomic E-state index is 0. The van der Waals surface area contributed by atoms with Gasteiger partial charge in [0, 0.05) is 25.2 Å². The number of carbonyl (C=O) groups is 1. The van der Waals surface area contributed by atoms with Gasteiger partial charge in [0.25, 0.3) is 0 Å². The monoisotopic (exact) mass is 496 g/mol. The summed E-state index contributed by atoms with van der Waals surface area (Å²) in [5, 5.41) is 9.06. The molecule has 152 valence electrons. The minimum Gasteiger partial charge on any atom is -0.450 e. The third-order valence-corrected chi connectivity index (χ3v) is 4.26. The van der Waals surface area contributed by atoms with Gasteiger partial charge in [-0.25, -0.2) is 13.6 Å². The van der Waals surface area contributed by atoms with E-state index in [9.17, 15) is 13.6 Å². The van der Waals surface area contributed by atoms with E-state index in [-0.39, 0.29) is 30.0 Å². The zero-order valence-corrected chi connectivity index (χ0v) is 18.1. The second kappa shape index (κ2) is 11.3. The molecule has 0 bridgehead atoms. The molecular formula is C18H27F2IN4O2. The number of ether oxygens (including phenoxy) is 1. The Morgan fingerprint density at radius 3 is 2.59 bits per heavy atom. The number of halogens is 3. The van der Waals surface area contributed by atoms with Crippen LogP contribution in [-0.2, 0) is 4.74 Å². The van der Waals surface area contributed by atoms with Crippen molar-refractivity contribution in [2.24, 2.45) is 10.9 Å². The molecule has 1 saturated carbocycles. The standard InChI is InChI=1S/C18H26F2N4O2.HI/c1-4-26-18(25)24-16(12-5-6-12)10-22-17(21-3)23-11(2)14-8-7-13(19)9-15(14)20;/h7-9,11-12,16H,4-6,10H2,1-3H3,(H,24,25)(H2,21,22,23);1H. The lowest BCUT2D eigenvalue weighted by atomic mass is 10.1. The Bertz CT molecular complexity index is 656. The zero-order valence-electron chi connectivity index (χ0n) is 15.7. The number of nitrogens with one attached hydrogen (secondary N) is 3. The van der Waals surface area contributed by atoms with Gasteiger partial charge in [0.1, 0.15) is 11.6 Å². The fourth-order valence-corrected chi connectivity index (χ4v) is 2.70. The summed E-state index contributed by atoms with van der Waals surface area (Å²) in [6.07, 6.45) is 1.68. The molecule has 1 aliphatic rings. The van der Waals surface area contributed by atoms with Crippen LogP contribution >= 0.6 is 24.0 Å². The molecule has 0 spiro atoms. The highest BCUT2D eigenvalue weighted by atomic mass is 127. The van der Waals surface area contributed by atoms with Gasteiger partial charge >= 0.3 is 6.09 Å². The van der Waals surface area contributed by atoms with E-state index in [0.29, 0.717) is 30.6 Å².